The minimum atomic E-state index is 1.16. The van der Waals surface area contributed by atoms with E-state index in [1.165, 1.54) is 102 Å². The van der Waals surface area contributed by atoms with Crippen LogP contribution in [-0.4, -0.2) is 9.13 Å². The molecule has 0 N–H and O–H groups in total. The van der Waals surface area contributed by atoms with Crippen LogP contribution in [0.2, 0.25) is 0 Å². The van der Waals surface area contributed by atoms with Crippen LogP contribution in [0, 0.1) is 0 Å². The Morgan fingerprint density at radius 2 is 0.873 bits per heavy atom. The molecule has 0 aliphatic rings. The predicted molar refractivity (Wildman–Crippen MR) is 236 cm³/mol. The summed E-state index contributed by atoms with van der Waals surface area (Å²) in [5, 5.41) is 10.2. The molecule has 0 fully saturated rings. The molecule has 3 aromatic heterocycles. The Labute approximate surface area is 321 Å². The predicted octanol–water partition coefficient (Wildman–Crippen LogP) is 14.7. The van der Waals surface area contributed by atoms with Crippen molar-refractivity contribution in [3.63, 3.8) is 0 Å². The maximum absolute atomic E-state index is 2.45. The molecule has 0 unspecified atom stereocenters. The van der Waals surface area contributed by atoms with Gasteiger partial charge in [-0.25, -0.2) is 0 Å². The fourth-order valence-electron chi connectivity index (χ4n) is 8.95. The van der Waals surface area contributed by atoms with Gasteiger partial charge in [0.15, 0.2) is 0 Å². The van der Waals surface area contributed by atoms with Crippen LogP contribution in [0.1, 0.15) is 0 Å². The number of thiophene rings is 1. The van der Waals surface area contributed by atoms with E-state index in [2.05, 4.69) is 203 Å². The van der Waals surface area contributed by atoms with Crippen LogP contribution in [0.25, 0.3) is 108 Å². The summed E-state index contributed by atoms with van der Waals surface area (Å²) in [6.07, 6.45) is 0. The number of benzene rings is 9. The molecule has 0 saturated carbocycles. The zero-order valence-corrected chi connectivity index (χ0v) is 30.6. The van der Waals surface area contributed by atoms with Crippen molar-refractivity contribution in [3.05, 3.63) is 194 Å². The highest BCUT2D eigenvalue weighted by Gasteiger charge is 2.18. The Morgan fingerprint density at radius 1 is 0.291 bits per heavy atom. The number of hydrogen-bond acceptors (Lipinski definition) is 1. The lowest BCUT2D eigenvalue weighted by molar-refractivity contribution is 1.19. The Balaban J connectivity index is 1.04. The number of nitrogens with zero attached hydrogens (tertiary/aromatic N) is 2. The largest absolute Gasteiger partial charge is 0.309 e. The molecule has 12 aromatic rings. The highest BCUT2D eigenvalue weighted by atomic mass is 32.1. The Morgan fingerprint density at radius 3 is 1.69 bits per heavy atom. The van der Waals surface area contributed by atoms with E-state index in [4.69, 9.17) is 0 Å². The molecule has 0 spiro atoms. The van der Waals surface area contributed by atoms with E-state index in [0.717, 1.165) is 5.69 Å². The van der Waals surface area contributed by atoms with Crippen LogP contribution in [0.4, 0.5) is 0 Å². The third-order valence-corrected chi connectivity index (χ3v) is 12.7. The Hall–Kier alpha value is -6.94. The Bertz CT molecular complexity index is 3470. The van der Waals surface area contributed by atoms with E-state index in [-0.39, 0.29) is 0 Å². The van der Waals surface area contributed by atoms with Crippen molar-refractivity contribution >= 4 is 85.9 Å². The van der Waals surface area contributed by atoms with Crippen molar-refractivity contribution in [2.75, 3.05) is 0 Å². The van der Waals surface area contributed by atoms with Crippen LogP contribution in [0.3, 0.4) is 0 Å². The molecule has 55 heavy (non-hydrogen) atoms. The van der Waals surface area contributed by atoms with Gasteiger partial charge in [0.25, 0.3) is 0 Å². The van der Waals surface area contributed by atoms with E-state index in [1.807, 2.05) is 11.3 Å². The summed E-state index contributed by atoms with van der Waals surface area (Å²) in [6.45, 7) is 0. The number of para-hydroxylation sites is 1. The second-order valence-electron chi connectivity index (χ2n) is 14.5. The molecule has 0 radical (unpaired) electrons. The number of aromatic nitrogens is 2. The standard InChI is InChI=1S/C52H32N2S/c1-2-10-33(11-3-1)34-18-23-38(24-19-34)54-49-28-22-37(31-45(49)43-26-20-35-12-4-5-13-40(35)52(43)54)36-21-27-48-44(30-36)41-14-6-8-16-47(41)53(48)39-25-29-51-46(32-39)42-15-7-9-17-50(42)55-51/h1-32H. The third-order valence-electron chi connectivity index (χ3n) is 11.5. The second kappa shape index (κ2) is 11.8. The van der Waals surface area contributed by atoms with Crippen molar-refractivity contribution in [2.45, 2.75) is 0 Å². The van der Waals surface area contributed by atoms with Gasteiger partial charge in [0.05, 0.1) is 22.1 Å². The van der Waals surface area contributed by atoms with Gasteiger partial charge in [0.2, 0.25) is 0 Å². The summed E-state index contributed by atoms with van der Waals surface area (Å²) < 4.78 is 7.54. The lowest BCUT2D eigenvalue weighted by Crippen LogP contribution is -1.94. The van der Waals surface area contributed by atoms with Gasteiger partial charge in [-0.15, -0.1) is 11.3 Å². The first-order valence-corrected chi connectivity index (χ1v) is 19.7. The molecule has 256 valence electrons. The second-order valence-corrected chi connectivity index (χ2v) is 15.6. The fraction of sp³-hybridized carbons (Fsp3) is 0. The molecule has 2 nitrogen and oxygen atoms in total. The van der Waals surface area contributed by atoms with Gasteiger partial charge in [-0.05, 0) is 94.4 Å². The first kappa shape index (κ1) is 30.5. The molecular formula is C52H32N2S. The SMILES string of the molecule is c1ccc(-c2ccc(-n3c4ccc(-c5ccc6c(c5)c5ccccc5n6-c5ccc6sc7ccccc7c6c5)cc4c4ccc5ccccc5c43)cc2)cc1. The highest BCUT2D eigenvalue weighted by Crippen LogP contribution is 2.41. The molecule has 3 heterocycles. The first-order valence-electron chi connectivity index (χ1n) is 18.8. The molecule has 0 bridgehead atoms. The van der Waals surface area contributed by atoms with E-state index in [1.54, 1.807) is 0 Å². The van der Waals surface area contributed by atoms with Gasteiger partial charge < -0.3 is 9.13 Å². The highest BCUT2D eigenvalue weighted by molar-refractivity contribution is 7.25. The monoisotopic (exact) mass is 716 g/mol. The zero-order valence-electron chi connectivity index (χ0n) is 29.8. The maximum atomic E-state index is 2.45. The van der Waals surface area contributed by atoms with Gasteiger partial charge in [-0.1, -0.05) is 127 Å². The molecule has 0 aliphatic heterocycles. The Kier molecular flexibility index (Phi) is 6.54. The van der Waals surface area contributed by atoms with Crippen molar-refractivity contribution in [1.82, 2.24) is 9.13 Å². The molecule has 0 atom stereocenters. The number of hydrogen-bond donors (Lipinski definition) is 0. The summed E-state index contributed by atoms with van der Waals surface area (Å²) in [4.78, 5) is 0. The fourth-order valence-corrected chi connectivity index (χ4v) is 10.0. The maximum Gasteiger partial charge on any atom is 0.0619 e. The summed E-state index contributed by atoms with van der Waals surface area (Å²) in [7, 11) is 0. The average molecular weight is 717 g/mol. The summed E-state index contributed by atoms with van der Waals surface area (Å²) >= 11 is 1.87. The third kappa shape index (κ3) is 4.60. The lowest BCUT2D eigenvalue weighted by Gasteiger charge is -2.11. The van der Waals surface area contributed by atoms with Crippen LogP contribution >= 0.6 is 11.3 Å². The van der Waals surface area contributed by atoms with E-state index >= 15 is 0 Å². The average Bonchev–Trinajstić information content (AvgIpc) is 3.91. The molecule has 0 aliphatic carbocycles. The minimum Gasteiger partial charge on any atom is -0.309 e. The zero-order chi connectivity index (χ0) is 36.0. The van der Waals surface area contributed by atoms with Crippen LogP contribution < -0.4 is 0 Å². The molecule has 0 saturated heterocycles. The lowest BCUT2D eigenvalue weighted by atomic mass is 10.00. The molecule has 9 aromatic carbocycles. The van der Waals surface area contributed by atoms with Crippen LogP contribution in [0.5, 0.6) is 0 Å². The molecule has 3 heteroatoms. The summed E-state index contributed by atoms with van der Waals surface area (Å²) in [6, 6.07) is 71.5. The van der Waals surface area contributed by atoms with Crippen molar-refractivity contribution in [2.24, 2.45) is 0 Å². The van der Waals surface area contributed by atoms with Gasteiger partial charge in [0, 0.05) is 58.5 Å². The minimum absolute atomic E-state index is 1.16. The van der Waals surface area contributed by atoms with Crippen LogP contribution in [-0.2, 0) is 0 Å². The smallest absolute Gasteiger partial charge is 0.0619 e. The van der Waals surface area contributed by atoms with Gasteiger partial charge in [0.1, 0.15) is 0 Å². The van der Waals surface area contributed by atoms with Gasteiger partial charge in [-0.2, -0.15) is 0 Å². The van der Waals surface area contributed by atoms with Gasteiger partial charge in [-0.3, -0.25) is 0 Å². The number of fused-ring (bicyclic) bond motifs is 11. The van der Waals surface area contributed by atoms with Crippen molar-refractivity contribution in [3.8, 4) is 33.6 Å². The quantitative estimate of drug-likeness (QED) is 0.172. The summed E-state index contributed by atoms with van der Waals surface area (Å²) in [5.41, 5.74) is 12.1. The van der Waals surface area contributed by atoms with E-state index in [9.17, 15) is 0 Å². The normalized spacial score (nSPS) is 12.0. The van der Waals surface area contributed by atoms with Crippen molar-refractivity contribution in [1.29, 1.82) is 0 Å². The molecular weight excluding hydrogens is 685 g/mol. The van der Waals surface area contributed by atoms with E-state index in [0.29, 0.717) is 0 Å². The first-order chi connectivity index (χ1) is 27.3. The van der Waals surface area contributed by atoms with Crippen molar-refractivity contribution < 1.29 is 0 Å². The van der Waals surface area contributed by atoms with Crippen LogP contribution in [0.15, 0.2) is 194 Å². The topological polar surface area (TPSA) is 9.86 Å². The summed E-state index contributed by atoms with van der Waals surface area (Å²) in [5.74, 6) is 0. The molecule has 12 rings (SSSR count). The van der Waals surface area contributed by atoms with Gasteiger partial charge >= 0.3 is 0 Å². The number of rotatable bonds is 4. The van der Waals surface area contributed by atoms with E-state index < -0.39 is 0 Å². The molecule has 0 amide bonds.